The molecule has 0 amide bonds. The molecule has 3 aromatic rings. The van der Waals surface area contributed by atoms with E-state index in [1.54, 1.807) is 7.11 Å². The average molecular weight is 393 g/mol. The van der Waals surface area contributed by atoms with Gasteiger partial charge in [-0.3, -0.25) is 4.68 Å². The highest BCUT2D eigenvalue weighted by Crippen LogP contribution is 2.34. The number of fused-ring (bicyclic) bond motifs is 1. The molecule has 0 radical (unpaired) electrons. The van der Waals surface area contributed by atoms with E-state index in [1.165, 1.54) is 5.56 Å². The fourth-order valence-corrected chi connectivity index (χ4v) is 3.58. The van der Waals surface area contributed by atoms with Crippen molar-refractivity contribution in [2.75, 3.05) is 26.9 Å². The van der Waals surface area contributed by atoms with E-state index in [1.807, 2.05) is 48.1 Å². The predicted octanol–water partition coefficient (Wildman–Crippen LogP) is 3.59. The SMILES string of the molecule is COc1ccccc1CCNCc1cn(C)nc1-c1ccc2c(c1)OCCCO2. The van der Waals surface area contributed by atoms with Crippen molar-refractivity contribution in [1.29, 1.82) is 0 Å². The number of rotatable bonds is 7. The smallest absolute Gasteiger partial charge is 0.161 e. The molecule has 2 aromatic carbocycles. The van der Waals surface area contributed by atoms with Crippen LogP contribution in [0.2, 0.25) is 0 Å². The van der Waals surface area contributed by atoms with Crippen LogP contribution < -0.4 is 19.5 Å². The summed E-state index contributed by atoms with van der Waals surface area (Å²) >= 11 is 0. The number of ether oxygens (including phenoxy) is 3. The maximum atomic E-state index is 5.84. The van der Waals surface area contributed by atoms with Gasteiger partial charge in [0.05, 0.1) is 26.0 Å². The number of aryl methyl sites for hydroxylation is 1. The standard InChI is InChI=1S/C23H27N3O3/c1-26-16-19(15-24-11-10-17-6-3-4-7-20(17)27-2)23(25-26)18-8-9-21-22(14-18)29-13-5-12-28-21/h3-4,6-9,14,16,24H,5,10-13,15H2,1-2H3. The van der Waals surface area contributed by atoms with Crippen molar-refractivity contribution < 1.29 is 14.2 Å². The van der Waals surface area contributed by atoms with Crippen molar-refractivity contribution in [3.63, 3.8) is 0 Å². The molecule has 0 unspecified atom stereocenters. The number of hydrogen-bond acceptors (Lipinski definition) is 5. The summed E-state index contributed by atoms with van der Waals surface area (Å²) in [5.74, 6) is 2.53. The van der Waals surface area contributed by atoms with Gasteiger partial charge in [0.2, 0.25) is 0 Å². The van der Waals surface area contributed by atoms with Crippen LogP contribution in [0.4, 0.5) is 0 Å². The maximum Gasteiger partial charge on any atom is 0.161 e. The lowest BCUT2D eigenvalue weighted by Gasteiger charge is -2.10. The van der Waals surface area contributed by atoms with Crippen molar-refractivity contribution in [1.82, 2.24) is 15.1 Å². The van der Waals surface area contributed by atoms with Gasteiger partial charge >= 0.3 is 0 Å². The minimum Gasteiger partial charge on any atom is -0.496 e. The fourth-order valence-electron chi connectivity index (χ4n) is 3.58. The summed E-state index contributed by atoms with van der Waals surface area (Å²) in [6.45, 7) is 2.97. The molecule has 6 nitrogen and oxygen atoms in total. The molecule has 0 saturated heterocycles. The fraction of sp³-hybridized carbons (Fsp3) is 0.348. The second-order valence-corrected chi connectivity index (χ2v) is 7.13. The molecular formula is C23H27N3O3. The molecule has 4 rings (SSSR count). The maximum absolute atomic E-state index is 5.84. The van der Waals surface area contributed by atoms with Crippen LogP contribution in [0.5, 0.6) is 17.2 Å². The zero-order valence-corrected chi connectivity index (χ0v) is 17.0. The van der Waals surface area contributed by atoms with Gasteiger partial charge in [-0.05, 0) is 42.8 Å². The molecule has 29 heavy (non-hydrogen) atoms. The van der Waals surface area contributed by atoms with Crippen LogP contribution in [-0.2, 0) is 20.0 Å². The Labute approximate surface area is 171 Å². The van der Waals surface area contributed by atoms with E-state index >= 15 is 0 Å². The summed E-state index contributed by atoms with van der Waals surface area (Å²) < 4.78 is 18.9. The third-order valence-electron chi connectivity index (χ3n) is 5.00. The summed E-state index contributed by atoms with van der Waals surface area (Å²) in [6.07, 6.45) is 3.87. The normalized spacial score (nSPS) is 13.2. The van der Waals surface area contributed by atoms with Crippen molar-refractivity contribution in [2.45, 2.75) is 19.4 Å². The van der Waals surface area contributed by atoms with Gasteiger partial charge in [0, 0.05) is 37.3 Å². The Bertz CT molecular complexity index is 968. The van der Waals surface area contributed by atoms with Gasteiger partial charge in [-0.15, -0.1) is 0 Å². The number of nitrogens with zero attached hydrogens (tertiary/aromatic N) is 2. The van der Waals surface area contributed by atoms with Crippen LogP contribution in [0.25, 0.3) is 11.3 Å². The summed E-state index contributed by atoms with van der Waals surface area (Å²) in [6, 6.07) is 14.2. The third kappa shape index (κ3) is 4.54. The zero-order valence-electron chi connectivity index (χ0n) is 17.0. The third-order valence-corrected chi connectivity index (χ3v) is 5.00. The summed E-state index contributed by atoms with van der Waals surface area (Å²) in [7, 11) is 3.66. The second kappa shape index (κ2) is 9.01. The highest BCUT2D eigenvalue weighted by Gasteiger charge is 2.15. The largest absolute Gasteiger partial charge is 0.496 e. The van der Waals surface area contributed by atoms with Crippen molar-refractivity contribution in [3.05, 3.63) is 59.8 Å². The van der Waals surface area contributed by atoms with Gasteiger partial charge < -0.3 is 19.5 Å². The minimum absolute atomic E-state index is 0.677. The minimum atomic E-state index is 0.677. The highest BCUT2D eigenvalue weighted by atomic mass is 16.5. The molecule has 2 heterocycles. The Balaban J connectivity index is 1.44. The first-order valence-corrected chi connectivity index (χ1v) is 10.00. The van der Waals surface area contributed by atoms with E-state index in [-0.39, 0.29) is 0 Å². The van der Waals surface area contributed by atoms with E-state index in [2.05, 4.69) is 22.7 Å². The van der Waals surface area contributed by atoms with Gasteiger partial charge in [0.15, 0.2) is 11.5 Å². The van der Waals surface area contributed by atoms with Gasteiger partial charge in [0.1, 0.15) is 5.75 Å². The second-order valence-electron chi connectivity index (χ2n) is 7.13. The van der Waals surface area contributed by atoms with E-state index in [9.17, 15) is 0 Å². The van der Waals surface area contributed by atoms with Crippen LogP contribution in [-0.4, -0.2) is 36.6 Å². The van der Waals surface area contributed by atoms with Gasteiger partial charge in [0.25, 0.3) is 0 Å². The Morgan fingerprint density at radius 1 is 1.07 bits per heavy atom. The average Bonchev–Trinajstić information content (AvgIpc) is 2.96. The molecule has 1 aliphatic heterocycles. The monoisotopic (exact) mass is 393 g/mol. The first-order chi connectivity index (χ1) is 14.2. The molecule has 1 N–H and O–H groups in total. The van der Waals surface area contributed by atoms with Gasteiger partial charge in [-0.1, -0.05) is 18.2 Å². The van der Waals surface area contributed by atoms with E-state index < -0.39 is 0 Å². The number of para-hydroxylation sites is 1. The van der Waals surface area contributed by atoms with E-state index in [0.29, 0.717) is 13.2 Å². The summed E-state index contributed by atoms with van der Waals surface area (Å²) in [4.78, 5) is 0. The van der Waals surface area contributed by atoms with Gasteiger partial charge in [-0.2, -0.15) is 5.10 Å². The number of methoxy groups -OCH3 is 1. The van der Waals surface area contributed by atoms with Crippen LogP contribution in [0.1, 0.15) is 17.5 Å². The molecule has 0 fully saturated rings. The molecule has 0 saturated carbocycles. The molecule has 0 atom stereocenters. The Kier molecular flexibility index (Phi) is 6.00. The van der Waals surface area contributed by atoms with E-state index in [4.69, 9.17) is 14.2 Å². The van der Waals surface area contributed by atoms with Crippen LogP contribution in [0.3, 0.4) is 0 Å². The lowest BCUT2D eigenvalue weighted by atomic mass is 10.1. The quantitative estimate of drug-likeness (QED) is 0.622. The molecule has 1 aromatic heterocycles. The molecule has 0 bridgehead atoms. The molecule has 6 heteroatoms. The van der Waals surface area contributed by atoms with E-state index in [0.717, 1.165) is 60.0 Å². The Hall–Kier alpha value is -2.99. The molecular weight excluding hydrogens is 366 g/mol. The summed E-state index contributed by atoms with van der Waals surface area (Å²) in [5.41, 5.74) is 4.36. The number of hydrogen-bond donors (Lipinski definition) is 1. The number of aromatic nitrogens is 2. The molecule has 152 valence electrons. The van der Waals surface area contributed by atoms with Crippen LogP contribution in [0.15, 0.2) is 48.7 Å². The summed E-state index contributed by atoms with van der Waals surface area (Å²) in [5, 5.41) is 8.21. The van der Waals surface area contributed by atoms with Crippen LogP contribution in [0, 0.1) is 0 Å². The lowest BCUT2D eigenvalue weighted by Crippen LogP contribution is -2.17. The Morgan fingerprint density at radius 2 is 1.90 bits per heavy atom. The van der Waals surface area contributed by atoms with Crippen molar-refractivity contribution >= 4 is 0 Å². The van der Waals surface area contributed by atoms with Crippen LogP contribution >= 0.6 is 0 Å². The highest BCUT2D eigenvalue weighted by molar-refractivity contribution is 5.66. The zero-order chi connectivity index (χ0) is 20.1. The Morgan fingerprint density at radius 3 is 2.76 bits per heavy atom. The first kappa shape index (κ1) is 19.3. The molecule has 0 aliphatic carbocycles. The number of nitrogens with one attached hydrogen (secondary N) is 1. The van der Waals surface area contributed by atoms with Gasteiger partial charge in [-0.25, -0.2) is 0 Å². The lowest BCUT2D eigenvalue weighted by molar-refractivity contribution is 0.297. The molecule has 0 spiro atoms. The molecule has 1 aliphatic rings. The van der Waals surface area contributed by atoms with Crippen molar-refractivity contribution in [3.8, 4) is 28.5 Å². The van der Waals surface area contributed by atoms with Crippen molar-refractivity contribution in [2.24, 2.45) is 7.05 Å². The first-order valence-electron chi connectivity index (χ1n) is 10.00. The number of benzene rings is 2. The predicted molar refractivity (Wildman–Crippen MR) is 113 cm³/mol. The topological polar surface area (TPSA) is 57.5 Å².